The summed E-state index contributed by atoms with van der Waals surface area (Å²) >= 11 is 0. The minimum Gasteiger partial charge on any atom is -0.462 e. The number of benzene rings is 1. The Bertz CT molecular complexity index is 1060. The molecule has 7 nitrogen and oxygen atoms in total. The number of aliphatic hydroxyl groups is 1. The van der Waals surface area contributed by atoms with Gasteiger partial charge >= 0.3 is 5.97 Å². The van der Waals surface area contributed by atoms with Crippen LogP contribution in [0.5, 0.6) is 0 Å². The number of cyclic esters (lactones) is 1. The Morgan fingerprint density at radius 1 is 1.13 bits per heavy atom. The van der Waals surface area contributed by atoms with E-state index in [1.54, 1.807) is 12.1 Å². The molecule has 0 radical (unpaired) electrons. The van der Waals surface area contributed by atoms with Gasteiger partial charge in [-0.05, 0) is 35.7 Å². The van der Waals surface area contributed by atoms with Gasteiger partial charge in [-0.25, -0.2) is 4.39 Å². The summed E-state index contributed by atoms with van der Waals surface area (Å²) in [5.74, 6) is -1.64. The quantitative estimate of drug-likeness (QED) is 0.584. The van der Waals surface area contributed by atoms with Crippen LogP contribution < -0.4 is 0 Å². The number of aliphatic hydroxyl groups excluding tert-OH is 1. The Hall–Kier alpha value is -3.00. The fourth-order valence-corrected chi connectivity index (χ4v) is 4.54. The summed E-state index contributed by atoms with van der Waals surface area (Å²) in [6.07, 6.45) is -0.442. The molecule has 0 bridgehead atoms. The second kappa shape index (κ2) is 7.92. The van der Waals surface area contributed by atoms with Crippen LogP contribution in [0.4, 0.5) is 4.39 Å². The van der Waals surface area contributed by atoms with E-state index >= 15 is 0 Å². The average Bonchev–Trinajstić information content (AvgIpc) is 3.15. The van der Waals surface area contributed by atoms with Gasteiger partial charge in [-0.3, -0.25) is 19.3 Å². The third-order valence-corrected chi connectivity index (χ3v) is 5.92. The van der Waals surface area contributed by atoms with Crippen LogP contribution >= 0.6 is 0 Å². The number of ether oxygens (including phenoxy) is 1. The predicted molar refractivity (Wildman–Crippen MR) is 110 cm³/mol. The zero-order chi connectivity index (χ0) is 22.4. The molecule has 2 atom stereocenters. The minimum atomic E-state index is -0.737. The van der Waals surface area contributed by atoms with Gasteiger partial charge in [0.05, 0.1) is 29.3 Å². The number of fused-ring (bicyclic) bond motifs is 1. The smallest absolute Gasteiger partial charge is 0.308 e. The topological polar surface area (TPSA) is 88.8 Å². The van der Waals surface area contributed by atoms with E-state index < -0.39 is 24.0 Å². The number of amides is 2. The number of rotatable bonds is 5. The minimum absolute atomic E-state index is 0.0122. The fraction of sp³-hybridized carbons (Fsp3) is 0.435. The van der Waals surface area contributed by atoms with E-state index in [9.17, 15) is 23.9 Å². The number of imide groups is 1. The summed E-state index contributed by atoms with van der Waals surface area (Å²) in [6, 6.07) is 5.81. The molecule has 1 aromatic heterocycles. The van der Waals surface area contributed by atoms with E-state index in [0.29, 0.717) is 41.8 Å². The SMILES string of the molecule is CC(C)c1c2c(c(-c3ccc(F)cc3)n1CCC1CC(O)CC(=O)O1)C(=O)N(C)C2=O. The number of aromatic nitrogens is 1. The maximum atomic E-state index is 13.6. The first-order chi connectivity index (χ1) is 14.7. The molecule has 0 saturated carbocycles. The van der Waals surface area contributed by atoms with Crippen molar-refractivity contribution in [3.8, 4) is 11.3 Å². The molecule has 2 aromatic rings. The lowest BCUT2D eigenvalue weighted by Crippen LogP contribution is -2.33. The number of hydrogen-bond acceptors (Lipinski definition) is 5. The molecule has 2 aliphatic heterocycles. The molecule has 0 spiro atoms. The fourth-order valence-electron chi connectivity index (χ4n) is 4.54. The molecule has 1 N–H and O–H groups in total. The summed E-state index contributed by atoms with van der Waals surface area (Å²) in [5, 5.41) is 9.90. The second-order valence-electron chi connectivity index (χ2n) is 8.46. The van der Waals surface area contributed by atoms with Gasteiger partial charge in [0, 0.05) is 32.1 Å². The zero-order valence-electron chi connectivity index (χ0n) is 17.7. The van der Waals surface area contributed by atoms with Crippen LogP contribution in [0.1, 0.15) is 65.4 Å². The maximum absolute atomic E-state index is 13.6. The summed E-state index contributed by atoms with van der Waals surface area (Å²) in [7, 11) is 1.45. The molecule has 1 saturated heterocycles. The first-order valence-corrected chi connectivity index (χ1v) is 10.4. The number of nitrogens with zero attached hydrogens (tertiary/aromatic N) is 2. The van der Waals surface area contributed by atoms with E-state index in [4.69, 9.17) is 4.74 Å². The number of hydrogen-bond donors (Lipinski definition) is 1. The summed E-state index contributed by atoms with van der Waals surface area (Å²) in [6.45, 7) is 4.27. The van der Waals surface area contributed by atoms with Crippen molar-refractivity contribution in [2.75, 3.05) is 7.05 Å². The predicted octanol–water partition coefficient (Wildman–Crippen LogP) is 3.10. The highest BCUT2D eigenvalue weighted by atomic mass is 19.1. The Morgan fingerprint density at radius 3 is 2.39 bits per heavy atom. The molecule has 2 aliphatic rings. The van der Waals surface area contributed by atoms with Crippen molar-refractivity contribution in [2.45, 2.75) is 57.8 Å². The summed E-state index contributed by atoms with van der Waals surface area (Å²) < 4.78 is 20.9. The van der Waals surface area contributed by atoms with Crippen molar-refractivity contribution >= 4 is 17.8 Å². The third kappa shape index (κ3) is 3.65. The van der Waals surface area contributed by atoms with Gasteiger partial charge < -0.3 is 14.4 Å². The third-order valence-electron chi connectivity index (χ3n) is 5.92. The van der Waals surface area contributed by atoms with Crippen LogP contribution in [0.25, 0.3) is 11.3 Å². The van der Waals surface area contributed by atoms with Crippen molar-refractivity contribution in [3.05, 3.63) is 46.9 Å². The van der Waals surface area contributed by atoms with E-state index in [1.807, 2.05) is 18.4 Å². The highest BCUT2D eigenvalue weighted by Gasteiger charge is 2.42. The molecule has 2 amide bonds. The van der Waals surface area contributed by atoms with E-state index in [0.717, 1.165) is 10.6 Å². The van der Waals surface area contributed by atoms with Crippen molar-refractivity contribution in [3.63, 3.8) is 0 Å². The van der Waals surface area contributed by atoms with E-state index in [-0.39, 0.29) is 24.2 Å². The molecule has 1 aromatic carbocycles. The highest BCUT2D eigenvalue weighted by Crippen LogP contribution is 2.40. The molecule has 164 valence electrons. The Morgan fingerprint density at radius 2 is 1.77 bits per heavy atom. The molecule has 1 fully saturated rings. The second-order valence-corrected chi connectivity index (χ2v) is 8.46. The van der Waals surface area contributed by atoms with Crippen LogP contribution in [-0.2, 0) is 16.1 Å². The standard InChI is InChI=1S/C23H25FN2O5/c1-12(2)20-18-19(23(30)25(3)22(18)29)21(13-4-6-14(24)7-5-13)26(20)9-8-16-10-15(27)11-17(28)31-16/h4-7,12,15-16,27H,8-11H2,1-3H3. The Balaban J connectivity index is 1.82. The molecule has 4 rings (SSSR count). The van der Waals surface area contributed by atoms with Gasteiger partial charge in [0.2, 0.25) is 0 Å². The molecular formula is C23H25FN2O5. The van der Waals surface area contributed by atoms with Gasteiger partial charge in [-0.2, -0.15) is 0 Å². The number of carbonyl (C=O) groups is 3. The lowest BCUT2D eigenvalue weighted by Gasteiger charge is -2.27. The number of carbonyl (C=O) groups excluding carboxylic acids is 3. The first-order valence-electron chi connectivity index (χ1n) is 10.4. The van der Waals surface area contributed by atoms with Gasteiger partial charge in [-0.1, -0.05) is 13.8 Å². The van der Waals surface area contributed by atoms with Crippen LogP contribution in [0.3, 0.4) is 0 Å². The van der Waals surface area contributed by atoms with Crippen LogP contribution in [0, 0.1) is 5.82 Å². The number of esters is 1. The van der Waals surface area contributed by atoms with Crippen molar-refractivity contribution < 1.29 is 28.6 Å². The van der Waals surface area contributed by atoms with Gasteiger partial charge in [0.15, 0.2) is 0 Å². The molecular weight excluding hydrogens is 403 g/mol. The van der Waals surface area contributed by atoms with E-state index in [1.165, 1.54) is 19.2 Å². The highest BCUT2D eigenvalue weighted by molar-refractivity contribution is 6.24. The van der Waals surface area contributed by atoms with Crippen LogP contribution in [0.15, 0.2) is 24.3 Å². The maximum Gasteiger partial charge on any atom is 0.308 e. The lowest BCUT2D eigenvalue weighted by molar-refractivity contribution is -0.160. The summed E-state index contributed by atoms with van der Waals surface area (Å²) in [4.78, 5) is 38.7. The monoisotopic (exact) mass is 428 g/mol. The van der Waals surface area contributed by atoms with Gasteiger partial charge in [0.25, 0.3) is 11.8 Å². The summed E-state index contributed by atoms with van der Waals surface area (Å²) in [5.41, 5.74) is 2.61. The molecule has 2 unspecified atom stereocenters. The van der Waals surface area contributed by atoms with E-state index in [2.05, 4.69) is 0 Å². The first kappa shape index (κ1) is 21.2. The molecule has 0 aliphatic carbocycles. The van der Waals surface area contributed by atoms with Gasteiger partial charge in [0.1, 0.15) is 11.9 Å². The normalized spacial score (nSPS) is 21.1. The molecule has 3 heterocycles. The van der Waals surface area contributed by atoms with Crippen molar-refractivity contribution in [1.82, 2.24) is 9.47 Å². The molecule has 31 heavy (non-hydrogen) atoms. The Kier molecular flexibility index (Phi) is 5.43. The average molecular weight is 428 g/mol. The Labute approximate surface area is 179 Å². The van der Waals surface area contributed by atoms with Crippen molar-refractivity contribution in [2.24, 2.45) is 0 Å². The van der Waals surface area contributed by atoms with Gasteiger partial charge in [-0.15, -0.1) is 0 Å². The lowest BCUT2D eigenvalue weighted by atomic mass is 10.0. The largest absolute Gasteiger partial charge is 0.462 e. The van der Waals surface area contributed by atoms with Crippen LogP contribution in [-0.4, -0.2) is 51.6 Å². The van der Waals surface area contributed by atoms with Crippen LogP contribution in [0.2, 0.25) is 0 Å². The molecule has 8 heteroatoms. The number of halogens is 1. The zero-order valence-corrected chi connectivity index (χ0v) is 17.7. The van der Waals surface area contributed by atoms with Crippen molar-refractivity contribution in [1.29, 1.82) is 0 Å².